The molecule has 0 aliphatic rings. The van der Waals surface area contributed by atoms with E-state index in [0.29, 0.717) is 12.5 Å². The van der Waals surface area contributed by atoms with E-state index in [-0.39, 0.29) is 17.2 Å². The Kier molecular flexibility index (Phi) is 5.09. The Balaban J connectivity index is 2.20. The van der Waals surface area contributed by atoms with E-state index in [1.807, 2.05) is 31.2 Å². The van der Waals surface area contributed by atoms with Crippen molar-refractivity contribution in [3.05, 3.63) is 58.0 Å². The number of anilines is 1. The van der Waals surface area contributed by atoms with Crippen molar-refractivity contribution in [2.75, 3.05) is 5.32 Å². The molecule has 0 saturated carbocycles. The van der Waals surface area contributed by atoms with E-state index in [2.05, 4.69) is 24.3 Å². The van der Waals surface area contributed by atoms with Gasteiger partial charge in [-0.3, -0.25) is 9.59 Å². The Labute approximate surface area is 130 Å². The Bertz CT molecular complexity index is 720. The Morgan fingerprint density at radius 3 is 2.73 bits per heavy atom. The molecule has 2 aromatic rings. The lowest BCUT2D eigenvalue weighted by Gasteiger charge is -2.10. The summed E-state index contributed by atoms with van der Waals surface area (Å²) in [5.41, 5.74) is 1.93. The highest BCUT2D eigenvalue weighted by atomic mass is 16.2. The van der Waals surface area contributed by atoms with Crippen molar-refractivity contribution in [3.63, 3.8) is 0 Å². The molecule has 1 aromatic heterocycles. The molecular weight excluding hydrogens is 278 g/mol. The average Bonchev–Trinajstić information content (AvgIpc) is 2.50. The minimum atomic E-state index is -0.314. The van der Waals surface area contributed by atoms with Gasteiger partial charge in [0, 0.05) is 18.3 Å². The zero-order chi connectivity index (χ0) is 16.1. The summed E-state index contributed by atoms with van der Waals surface area (Å²) in [6, 6.07) is 10.6. The average molecular weight is 299 g/mol. The molecule has 1 aromatic carbocycles. The largest absolute Gasteiger partial charge is 0.321 e. The smallest absolute Gasteiger partial charge is 0.276 e. The highest BCUT2D eigenvalue weighted by molar-refractivity contribution is 6.02. The molecule has 116 valence electrons. The van der Waals surface area contributed by atoms with Gasteiger partial charge in [-0.2, -0.15) is 5.10 Å². The highest BCUT2D eigenvalue weighted by Crippen LogP contribution is 2.18. The number of aryl methyl sites for hydroxylation is 1. The van der Waals surface area contributed by atoms with Crippen LogP contribution in [0.15, 0.2) is 41.2 Å². The zero-order valence-corrected chi connectivity index (χ0v) is 13.2. The zero-order valence-electron chi connectivity index (χ0n) is 13.2. The molecule has 0 aliphatic carbocycles. The van der Waals surface area contributed by atoms with Gasteiger partial charge in [-0.05, 0) is 36.1 Å². The highest BCUT2D eigenvalue weighted by Gasteiger charge is 2.10. The van der Waals surface area contributed by atoms with Crippen LogP contribution in [0.5, 0.6) is 0 Å². The quantitative estimate of drug-likeness (QED) is 0.923. The third-order valence-electron chi connectivity index (χ3n) is 3.35. The van der Waals surface area contributed by atoms with Crippen LogP contribution in [-0.2, 0) is 6.54 Å². The molecule has 0 unspecified atom stereocenters. The van der Waals surface area contributed by atoms with Crippen LogP contribution in [-0.4, -0.2) is 15.7 Å². The number of amides is 1. The van der Waals surface area contributed by atoms with Crippen LogP contribution in [0.4, 0.5) is 5.69 Å². The summed E-state index contributed by atoms with van der Waals surface area (Å²) in [4.78, 5) is 23.9. The van der Waals surface area contributed by atoms with E-state index in [0.717, 1.165) is 17.7 Å². The van der Waals surface area contributed by atoms with E-state index in [4.69, 9.17) is 0 Å². The van der Waals surface area contributed by atoms with Crippen molar-refractivity contribution in [2.24, 2.45) is 0 Å². The van der Waals surface area contributed by atoms with Crippen molar-refractivity contribution in [3.8, 4) is 0 Å². The number of carbonyl (C=O) groups excluding carboxylic acids is 1. The fraction of sp³-hybridized carbons (Fsp3) is 0.353. The van der Waals surface area contributed by atoms with Crippen molar-refractivity contribution in [1.29, 1.82) is 0 Å². The molecule has 0 spiro atoms. The predicted octanol–water partition coefficient (Wildman–Crippen LogP) is 3.03. The minimum Gasteiger partial charge on any atom is -0.321 e. The van der Waals surface area contributed by atoms with E-state index in [9.17, 15) is 9.59 Å². The molecule has 0 fully saturated rings. The number of nitrogens with zero attached hydrogens (tertiary/aromatic N) is 2. The van der Waals surface area contributed by atoms with Gasteiger partial charge in [0.1, 0.15) is 5.69 Å². The Morgan fingerprint density at radius 2 is 2.05 bits per heavy atom. The monoisotopic (exact) mass is 299 g/mol. The predicted molar refractivity (Wildman–Crippen MR) is 87.3 cm³/mol. The molecule has 0 radical (unpaired) electrons. The van der Waals surface area contributed by atoms with Gasteiger partial charge in [0.05, 0.1) is 0 Å². The number of carbonyl (C=O) groups is 1. The number of benzene rings is 1. The lowest BCUT2D eigenvalue weighted by atomic mass is 10.0. The van der Waals surface area contributed by atoms with Crippen molar-refractivity contribution in [2.45, 2.75) is 39.7 Å². The van der Waals surface area contributed by atoms with E-state index in [1.54, 1.807) is 0 Å². The topological polar surface area (TPSA) is 64.0 Å². The number of aromatic nitrogens is 2. The second-order valence-electron chi connectivity index (χ2n) is 5.51. The van der Waals surface area contributed by atoms with Gasteiger partial charge in [-0.1, -0.05) is 32.9 Å². The van der Waals surface area contributed by atoms with Crippen molar-refractivity contribution in [1.82, 2.24) is 9.78 Å². The van der Waals surface area contributed by atoms with Crippen LogP contribution in [0, 0.1) is 0 Å². The molecule has 2 rings (SSSR count). The lowest BCUT2D eigenvalue weighted by molar-refractivity contribution is 0.102. The molecule has 5 heteroatoms. The molecule has 0 atom stereocenters. The first-order valence-corrected chi connectivity index (χ1v) is 7.50. The standard InChI is InChI=1S/C17H21N3O2/c1-4-10-20-16(21)9-8-15(19-20)17(22)18-14-7-5-6-13(11-14)12(2)3/h5-9,11-12H,4,10H2,1-3H3,(H,18,22). The van der Waals surface area contributed by atoms with Crippen LogP contribution in [0.2, 0.25) is 0 Å². The van der Waals surface area contributed by atoms with Crippen molar-refractivity contribution < 1.29 is 4.79 Å². The third kappa shape index (κ3) is 3.81. The fourth-order valence-electron chi connectivity index (χ4n) is 2.11. The SMILES string of the molecule is CCCn1nc(C(=O)Nc2cccc(C(C)C)c2)ccc1=O. The molecule has 0 bridgehead atoms. The molecule has 5 nitrogen and oxygen atoms in total. The summed E-state index contributed by atoms with van der Waals surface area (Å²) in [6.07, 6.45) is 0.786. The second kappa shape index (κ2) is 7.02. The van der Waals surface area contributed by atoms with E-state index < -0.39 is 0 Å². The third-order valence-corrected chi connectivity index (χ3v) is 3.35. The fourth-order valence-corrected chi connectivity index (χ4v) is 2.11. The molecule has 0 aliphatic heterocycles. The first kappa shape index (κ1) is 15.9. The number of hydrogen-bond donors (Lipinski definition) is 1. The van der Waals surface area contributed by atoms with Gasteiger partial charge >= 0.3 is 0 Å². The van der Waals surface area contributed by atoms with E-state index >= 15 is 0 Å². The molecular formula is C17H21N3O2. The van der Waals surface area contributed by atoms with Gasteiger partial charge in [-0.15, -0.1) is 0 Å². The summed E-state index contributed by atoms with van der Waals surface area (Å²) >= 11 is 0. The minimum absolute atomic E-state index is 0.194. The normalized spacial score (nSPS) is 10.7. The van der Waals surface area contributed by atoms with Gasteiger partial charge in [0.15, 0.2) is 0 Å². The molecule has 1 heterocycles. The first-order valence-electron chi connectivity index (χ1n) is 7.50. The maximum Gasteiger partial charge on any atom is 0.276 e. The van der Waals surface area contributed by atoms with E-state index in [1.165, 1.54) is 16.8 Å². The maximum atomic E-state index is 12.3. The van der Waals surface area contributed by atoms with Crippen LogP contribution >= 0.6 is 0 Å². The van der Waals surface area contributed by atoms with Crippen LogP contribution in [0.1, 0.15) is 49.2 Å². The Morgan fingerprint density at radius 1 is 1.27 bits per heavy atom. The summed E-state index contributed by atoms with van der Waals surface area (Å²) < 4.78 is 1.32. The Hall–Kier alpha value is -2.43. The maximum absolute atomic E-state index is 12.3. The summed E-state index contributed by atoms with van der Waals surface area (Å²) in [5, 5.41) is 6.93. The van der Waals surface area contributed by atoms with Gasteiger partial charge in [0.2, 0.25) is 0 Å². The first-order chi connectivity index (χ1) is 10.5. The summed E-state index contributed by atoms with van der Waals surface area (Å²) in [6.45, 7) is 6.66. The molecule has 22 heavy (non-hydrogen) atoms. The van der Waals surface area contributed by atoms with Crippen LogP contribution in [0.25, 0.3) is 0 Å². The lowest BCUT2D eigenvalue weighted by Crippen LogP contribution is -2.26. The van der Waals surface area contributed by atoms with Crippen LogP contribution < -0.4 is 10.9 Å². The summed E-state index contributed by atoms with van der Waals surface area (Å²) in [7, 11) is 0. The molecule has 1 amide bonds. The second-order valence-corrected chi connectivity index (χ2v) is 5.51. The van der Waals surface area contributed by atoms with Crippen molar-refractivity contribution >= 4 is 11.6 Å². The number of hydrogen-bond acceptors (Lipinski definition) is 3. The molecule has 1 N–H and O–H groups in total. The summed E-state index contributed by atoms with van der Waals surface area (Å²) in [5.74, 6) is 0.0761. The van der Waals surface area contributed by atoms with Gasteiger partial charge in [-0.25, -0.2) is 4.68 Å². The van der Waals surface area contributed by atoms with Gasteiger partial charge < -0.3 is 5.32 Å². The molecule has 0 saturated heterocycles. The van der Waals surface area contributed by atoms with Crippen LogP contribution in [0.3, 0.4) is 0 Å². The number of rotatable bonds is 5. The van der Waals surface area contributed by atoms with Gasteiger partial charge in [0.25, 0.3) is 11.5 Å². The number of nitrogens with one attached hydrogen (secondary N) is 1.